The Hall–Kier alpha value is -2.73. The fourth-order valence-corrected chi connectivity index (χ4v) is 4.96. The van der Waals surface area contributed by atoms with Crippen molar-refractivity contribution in [1.29, 1.82) is 0 Å². The van der Waals surface area contributed by atoms with Crippen LogP contribution in [0.25, 0.3) is 10.9 Å². The highest BCUT2D eigenvalue weighted by molar-refractivity contribution is 7.89. The number of rotatable bonds is 10. The van der Waals surface area contributed by atoms with Crippen LogP contribution in [0.15, 0.2) is 58.2 Å². The first-order valence-electron chi connectivity index (χ1n) is 10.4. The maximum absolute atomic E-state index is 13.4. The number of aromatic amines is 1. The second kappa shape index (κ2) is 10.7. The van der Waals surface area contributed by atoms with E-state index in [2.05, 4.69) is 4.98 Å². The summed E-state index contributed by atoms with van der Waals surface area (Å²) in [5.41, 5.74) is -0.424. The lowest BCUT2D eigenvalue weighted by molar-refractivity contribution is -0.136. The third kappa shape index (κ3) is 6.03. The summed E-state index contributed by atoms with van der Waals surface area (Å²) < 4.78 is 77.5. The molecule has 0 saturated carbocycles. The van der Waals surface area contributed by atoms with Crippen LogP contribution in [0.2, 0.25) is 0 Å². The van der Waals surface area contributed by atoms with Crippen molar-refractivity contribution in [3.8, 4) is 0 Å². The maximum Gasteiger partial charge on any atom is 0.417 e. The van der Waals surface area contributed by atoms with Crippen molar-refractivity contribution < 1.29 is 31.1 Å². The number of hydrogen-bond acceptors (Lipinski definition) is 5. The van der Waals surface area contributed by atoms with E-state index >= 15 is 0 Å². The van der Waals surface area contributed by atoms with Gasteiger partial charge in [-0.3, -0.25) is 4.79 Å². The molecule has 1 aromatic heterocycles. The van der Waals surface area contributed by atoms with Crippen molar-refractivity contribution in [2.75, 3.05) is 40.5 Å². The quantitative estimate of drug-likeness (QED) is 0.463. The predicted octanol–water partition coefficient (Wildman–Crippen LogP) is 3.42. The largest absolute Gasteiger partial charge is 0.417 e. The summed E-state index contributed by atoms with van der Waals surface area (Å²) in [7, 11) is -0.807. The van der Waals surface area contributed by atoms with Crippen molar-refractivity contribution in [1.82, 2.24) is 9.29 Å². The predicted molar refractivity (Wildman–Crippen MR) is 121 cm³/mol. The standard InChI is InChI=1S/C23H25F3N2O5S/c1-32-11-9-28(10-12-33-2)34(30,31)18-6-3-16(4-7-18)13-17-5-8-21-19(14-17)20(23(24,25)26)15-22(29)27-21/h3-8,14-15H,9-13H2,1-2H3,(H,27,29). The van der Waals surface area contributed by atoms with Gasteiger partial charge in [0.1, 0.15) is 0 Å². The minimum absolute atomic E-state index is 0.0947. The van der Waals surface area contributed by atoms with Gasteiger partial charge in [0.15, 0.2) is 0 Å². The Morgan fingerprint density at radius 3 is 2.06 bits per heavy atom. The molecule has 0 fully saturated rings. The normalized spacial score (nSPS) is 12.5. The molecule has 34 heavy (non-hydrogen) atoms. The lowest BCUT2D eigenvalue weighted by atomic mass is 10.0. The van der Waals surface area contributed by atoms with Gasteiger partial charge >= 0.3 is 6.18 Å². The number of sulfonamides is 1. The molecule has 3 rings (SSSR count). The Balaban J connectivity index is 1.86. The fraction of sp³-hybridized carbons (Fsp3) is 0.348. The molecular formula is C23H25F3N2O5S. The first-order chi connectivity index (χ1) is 16.1. The van der Waals surface area contributed by atoms with Gasteiger partial charge in [0.2, 0.25) is 15.6 Å². The van der Waals surface area contributed by atoms with E-state index < -0.39 is 27.3 Å². The number of pyridine rings is 1. The molecule has 184 valence electrons. The van der Waals surface area contributed by atoms with Crippen LogP contribution < -0.4 is 5.56 Å². The maximum atomic E-state index is 13.4. The van der Waals surface area contributed by atoms with E-state index in [1.54, 1.807) is 18.2 Å². The molecule has 0 bridgehead atoms. The van der Waals surface area contributed by atoms with Gasteiger partial charge in [-0.2, -0.15) is 17.5 Å². The summed E-state index contributed by atoms with van der Waals surface area (Å²) >= 11 is 0. The van der Waals surface area contributed by atoms with Crippen LogP contribution in [0.1, 0.15) is 16.7 Å². The highest BCUT2D eigenvalue weighted by atomic mass is 32.2. The number of fused-ring (bicyclic) bond motifs is 1. The SMILES string of the molecule is COCCN(CCOC)S(=O)(=O)c1ccc(Cc2ccc3[nH]c(=O)cc(C(F)(F)F)c3c2)cc1. The summed E-state index contributed by atoms with van der Waals surface area (Å²) in [6, 6.07) is 11.2. The minimum atomic E-state index is -4.67. The van der Waals surface area contributed by atoms with Gasteiger partial charge in [0, 0.05) is 44.3 Å². The molecule has 0 unspecified atom stereocenters. The highest BCUT2D eigenvalue weighted by Gasteiger charge is 2.33. The van der Waals surface area contributed by atoms with Crippen molar-refractivity contribution >= 4 is 20.9 Å². The Kier molecular flexibility index (Phi) is 8.13. The van der Waals surface area contributed by atoms with Crippen molar-refractivity contribution in [3.05, 3.63) is 75.6 Å². The number of aromatic nitrogens is 1. The second-order valence-corrected chi connectivity index (χ2v) is 9.57. The fourth-order valence-electron chi connectivity index (χ4n) is 3.55. The van der Waals surface area contributed by atoms with E-state index in [4.69, 9.17) is 9.47 Å². The van der Waals surface area contributed by atoms with E-state index in [9.17, 15) is 26.4 Å². The third-order valence-corrected chi connectivity index (χ3v) is 7.18. The first kappa shape index (κ1) is 25.9. The Morgan fingerprint density at radius 1 is 0.912 bits per heavy atom. The van der Waals surface area contributed by atoms with Crippen LogP contribution in [0, 0.1) is 0 Å². The first-order valence-corrected chi connectivity index (χ1v) is 11.8. The minimum Gasteiger partial charge on any atom is -0.383 e. The molecule has 0 atom stereocenters. The van der Waals surface area contributed by atoms with Crippen LogP contribution in [0.5, 0.6) is 0 Å². The molecule has 2 aromatic carbocycles. The monoisotopic (exact) mass is 498 g/mol. The molecule has 1 heterocycles. The number of H-pyrrole nitrogens is 1. The van der Waals surface area contributed by atoms with Gasteiger partial charge in [-0.15, -0.1) is 0 Å². The van der Waals surface area contributed by atoms with Crippen LogP contribution in [-0.4, -0.2) is 58.2 Å². The van der Waals surface area contributed by atoms with Gasteiger partial charge < -0.3 is 14.5 Å². The van der Waals surface area contributed by atoms with Gasteiger partial charge in [-0.05, 0) is 41.8 Å². The number of methoxy groups -OCH3 is 2. The summed E-state index contributed by atoms with van der Waals surface area (Å²) in [5.74, 6) is 0. The molecule has 0 amide bonds. The van der Waals surface area contributed by atoms with Gasteiger partial charge in [-0.1, -0.05) is 18.2 Å². The summed E-state index contributed by atoms with van der Waals surface area (Å²) in [4.78, 5) is 14.1. The molecule has 0 spiro atoms. The van der Waals surface area contributed by atoms with Crippen LogP contribution in [0.4, 0.5) is 13.2 Å². The number of hydrogen-bond donors (Lipinski definition) is 1. The molecule has 3 aromatic rings. The molecule has 0 aliphatic heterocycles. The van der Waals surface area contributed by atoms with Crippen molar-refractivity contribution in [3.63, 3.8) is 0 Å². The van der Waals surface area contributed by atoms with Gasteiger partial charge in [-0.25, -0.2) is 8.42 Å². The number of ether oxygens (including phenoxy) is 2. The molecule has 0 aliphatic carbocycles. The molecule has 0 saturated heterocycles. The summed E-state index contributed by atoms with van der Waals surface area (Å²) in [6.07, 6.45) is -4.39. The highest BCUT2D eigenvalue weighted by Crippen LogP contribution is 2.33. The smallest absolute Gasteiger partial charge is 0.383 e. The molecule has 0 aliphatic rings. The molecule has 0 radical (unpaired) electrons. The van der Waals surface area contributed by atoms with E-state index in [1.165, 1.54) is 42.8 Å². The Labute approximate surface area is 195 Å². The van der Waals surface area contributed by atoms with Crippen LogP contribution in [-0.2, 0) is 32.1 Å². The molecule has 1 N–H and O–H groups in total. The number of nitrogens with zero attached hydrogens (tertiary/aromatic N) is 1. The Bertz CT molecular complexity index is 1280. The summed E-state index contributed by atoms with van der Waals surface area (Å²) in [6.45, 7) is 0.803. The number of benzene rings is 2. The number of halogens is 3. The molecular weight excluding hydrogens is 473 g/mol. The Morgan fingerprint density at radius 2 is 1.50 bits per heavy atom. The average Bonchev–Trinajstić information content (AvgIpc) is 2.78. The molecule has 11 heteroatoms. The van der Waals surface area contributed by atoms with Crippen molar-refractivity contribution in [2.24, 2.45) is 0 Å². The van der Waals surface area contributed by atoms with E-state index in [0.717, 1.165) is 5.56 Å². The zero-order chi connectivity index (χ0) is 24.9. The topological polar surface area (TPSA) is 88.7 Å². The average molecular weight is 499 g/mol. The van der Waals surface area contributed by atoms with E-state index in [-0.39, 0.29) is 48.5 Å². The van der Waals surface area contributed by atoms with Crippen LogP contribution >= 0.6 is 0 Å². The number of alkyl halides is 3. The van der Waals surface area contributed by atoms with Crippen molar-refractivity contribution in [2.45, 2.75) is 17.5 Å². The lowest BCUT2D eigenvalue weighted by Gasteiger charge is -2.21. The summed E-state index contributed by atoms with van der Waals surface area (Å²) in [5, 5.41) is -0.101. The number of nitrogens with one attached hydrogen (secondary N) is 1. The molecule has 7 nitrogen and oxygen atoms in total. The second-order valence-electron chi connectivity index (χ2n) is 7.64. The zero-order valence-electron chi connectivity index (χ0n) is 18.7. The van der Waals surface area contributed by atoms with E-state index in [0.29, 0.717) is 11.6 Å². The third-order valence-electron chi connectivity index (χ3n) is 5.27. The zero-order valence-corrected chi connectivity index (χ0v) is 19.5. The van der Waals surface area contributed by atoms with Crippen LogP contribution in [0.3, 0.4) is 0 Å². The van der Waals surface area contributed by atoms with Gasteiger partial charge in [0.25, 0.3) is 0 Å². The lowest BCUT2D eigenvalue weighted by Crippen LogP contribution is -2.36. The van der Waals surface area contributed by atoms with E-state index in [1.807, 2.05) is 0 Å². The van der Waals surface area contributed by atoms with Gasteiger partial charge in [0.05, 0.1) is 23.7 Å².